The predicted molar refractivity (Wildman–Crippen MR) is 108 cm³/mol. The van der Waals surface area contributed by atoms with Gasteiger partial charge < -0.3 is 15.5 Å². The highest BCUT2D eigenvalue weighted by molar-refractivity contribution is 5.95. The van der Waals surface area contributed by atoms with Crippen LogP contribution in [-0.4, -0.2) is 79.0 Å². The minimum absolute atomic E-state index is 0.0163. The van der Waals surface area contributed by atoms with Crippen LogP contribution in [0.1, 0.15) is 45.4 Å². The number of ether oxygens (including phenoxy) is 2. The van der Waals surface area contributed by atoms with Crippen LogP contribution in [0.5, 0.6) is 0 Å². The van der Waals surface area contributed by atoms with Crippen LogP contribution < -0.4 is 10.6 Å². The fourth-order valence-corrected chi connectivity index (χ4v) is 4.66. The minimum atomic E-state index is -5.10. The first-order chi connectivity index (χ1) is 16.6. The molecule has 2 N–H and O–H groups in total. The zero-order valence-corrected chi connectivity index (χ0v) is 19.3. The number of nitrogens with zero attached hydrogens (tertiary/aromatic N) is 1. The Hall–Kier alpha value is -2.42. The fraction of sp³-hybridized carbons (Fsp3) is 0.810. The van der Waals surface area contributed by atoms with Crippen molar-refractivity contribution in [2.24, 2.45) is 11.3 Å². The molecule has 1 spiro atoms. The van der Waals surface area contributed by atoms with Crippen molar-refractivity contribution >= 4 is 23.5 Å². The first-order valence-corrected chi connectivity index (χ1v) is 11.5. The van der Waals surface area contributed by atoms with E-state index in [4.69, 9.17) is 0 Å². The SMILES string of the molecule is CCC(OC(F)(F)F)C(=O)N1CC2(CC2)C[C@H]1C(=O)NC(C[C@@H]1CCNC1=O)C(=O)COC(F)(F)F. The highest BCUT2D eigenvalue weighted by Crippen LogP contribution is 2.55. The molecule has 4 atom stereocenters. The Morgan fingerprint density at radius 1 is 1.17 bits per heavy atom. The van der Waals surface area contributed by atoms with Crippen LogP contribution in [-0.2, 0) is 28.7 Å². The van der Waals surface area contributed by atoms with Crippen LogP contribution in [0.25, 0.3) is 0 Å². The number of likely N-dealkylation sites (tertiary alicyclic amines) is 1. The summed E-state index contributed by atoms with van der Waals surface area (Å²) in [6.07, 6.45) is -11.0. The molecule has 0 aromatic heterocycles. The number of alkyl halides is 6. The summed E-state index contributed by atoms with van der Waals surface area (Å²) in [5.41, 5.74) is -0.446. The summed E-state index contributed by atoms with van der Waals surface area (Å²) in [7, 11) is 0. The maximum atomic E-state index is 13.2. The van der Waals surface area contributed by atoms with Gasteiger partial charge in [-0.25, -0.2) is 0 Å². The molecule has 2 aliphatic heterocycles. The van der Waals surface area contributed by atoms with Gasteiger partial charge in [0.2, 0.25) is 11.8 Å². The Bertz CT molecular complexity index is 875. The molecular weight excluding hydrogens is 504 g/mol. The third-order valence-electron chi connectivity index (χ3n) is 6.74. The lowest BCUT2D eigenvalue weighted by Gasteiger charge is -2.29. The molecule has 0 radical (unpaired) electrons. The van der Waals surface area contributed by atoms with E-state index in [1.165, 1.54) is 6.92 Å². The lowest BCUT2D eigenvalue weighted by molar-refractivity contribution is -0.339. The van der Waals surface area contributed by atoms with E-state index in [-0.39, 0.29) is 25.8 Å². The Morgan fingerprint density at radius 3 is 2.33 bits per heavy atom. The number of halogens is 6. The lowest BCUT2D eigenvalue weighted by Crippen LogP contribution is -2.54. The normalized spacial score (nSPS) is 25.0. The van der Waals surface area contributed by atoms with Gasteiger partial charge in [-0.2, -0.15) is 0 Å². The van der Waals surface area contributed by atoms with E-state index < -0.39 is 72.4 Å². The molecule has 36 heavy (non-hydrogen) atoms. The highest BCUT2D eigenvalue weighted by Gasteiger charge is 2.56. The second kappa shape index (κ2) is 10.5. The fourth-order valence-electron chi connectivity index (χ4n) is 4.66. The van der Waals surface area contributed by atoms with Gasteiger partial charge in [0, 0.05) is 19.0 Å². The Balaban J connectivity index is 1.76. The topological polar surface area (TPSA) is 114 Å². The van der Waals surface area contributed by atoms with Gasteiger partial charge in [0.1, 0.15) is 18.8 Å². The smallest absolute Gasteiger partial charge is 0.356 e. The first kappa shape index (κ1) is 28.2. The van der Waals surface area contributed by atoms with E-state index >= 15 is 0 Å². The summed E-state index contributed by atoms with van der Waals surface area (Å²) in [6.45, 7) is 0.219. The molecule has 15 heteroatoms. The maximum absolute atomic E-state index is 13.2. The summed E-state index contributed by atoms with van der Waals surface area (Å²) in [5.74, 6) is -4.26. The minimum Gasteiger partial charge on any atom is -0.356 e. The van der Waals surface area contributed by atoms with Gasteiger partial charge in [0.15, 0.2) is 5.78 Å². The van der Waals surface area contributed by atoms with Crippen LogP contribution in [0, 0.1) is 11.3 Å². The quantitative estimate of drug-likeness (QED) is 0.416. The number of Topliss-reactive ketones (excluding diaryl/α,β-unsaturated/α-hetero) is 1. The van der Waals surface area contributed by atoms with Crippen molar-refractivity contribution in [3.8, 4) is 0 Å². The number of carbonyl (C=O) groups is 4. The van der Waals surface area contributed by atoms with Crippen LogP contribution in [0.4, 0.5) is 26.3 Å². The summed E-state index contributed by atoms with van der Waals surface area (Å²) in [4.78, 5) is 51.5. The van der Waals surface area contributed by atoms with Gasteiger partial charge in [-0.05, 0) is 43.9 Å². The molecule has 2 unspecified atom stereocenters. The maximum Gasteiger partial charge on any atom is 0.523 e. The molecule has 2 heterocycles. The number of ketones is 1. The Kier molecular flexibility index (Phi) is 8.23. The number of hydrogen-bond donors (Lipinski definition) is 2. The van der Waals surface area contributed by atoms with Crippen molar-refractivity contribution in [1.82, 2.24) is 15.5 Å². The number of rotatable bonds is 10. The molecule has 204 valence electrons. The van der Waals surface area contributed by atoms with Crippen LogP contribution in [0.15, 0.2) is 0 Å². The summed E-state index contributed by atoms with van der Waals surface area (Å²) in [5, 5.41) is 4.85. The molecule has 0 aromatic rings. The Morgan fingerprint density at radius 2 is 1.83 bits per heavy atom. The van der Waals surface area contributed by atoms with E-state index in [1.54, 1.807) is 0 Å². The molecule has 1 aliphatic carbocycles. The number of hydrogen-bond acceptors (Lipinski definition) is 6. The van der Waals surface area contributed by atoms with Gasteiger partial charge in [0.05, 0.1) is 6.04 Å². The summed E-state index contributed by atoms with van der Waals surface area (Å²) in [6, 6.07) is -2.78. The van der Waals surface area contributed by atoms with E-state index in [9.17, 15) is 45.5 Å². The van der Waals surface area contributed by atoms with Crippen LogP contribution in [0.3, 0.4) is 0 Å². The Labute approximate surface area is 202 Å². The zero-order chi connectivity index (χ0) is 26.9. The standard InChI is InChI=1S/C21H27F6N3O6/c1-2-15(36-21(25,26)27)18(34)30-10-19(4-5-19)8-13(30)17(33)29-12(7-11-3-6-28-16(11)32)14(31)9-35-20(22,23)24/h11-13,15H,2-10H2,1H3,(H,28,32)(H,29,33)/t11-,12?,13-,15?/m0/s1. The zero-order valence-electron chi connectivity index (χ0n) is 19.3. The number of nitrogens with one attached hydrogen (secondary N) is 2. The van der Waals surface area contributed by atoms with Gasteiger partial charge in [-0.1, -0.05) is 6.92 Å². The lowest BCUT2D eigenvalue weighted by atomic mass is 9.95. The average molecular weight is 531 g/mol. The van der Waals surface area contributed by atoms with Crippen molar-refractivity contribution < 1.29 is 55.0 Å². The second-order valence-electron chi connectivity index (χ2n) is 9.42. The van der Waals surface area contributed by atoms with Crippen molar-refractivity contribution in [3.05, 3.63) is 0 Å². The van der Waals surface area contributed by atoms with Gasteiger partial charge in [0.25, 0.3) is 5.91 Å². The molecule has 3 amide bonds. The number of amides is 3. The van der Waals surface area contributed by atoms with E-state index in [0.29, 0.717) is 25.8 Å². The van der Waals surface area contributed by atoms with E-state index in [0.717, 1.165) is 4.90 Å². The molecule has 1 saturated carbocycles. The molecule has 0 aromatic carbocycles. The molecule has 3 rings (SSSR count). The highest BCUT2D eigenvalue weighted by atomic mass is 19.4. The largest absolute Gasteiger partial charge is 0.523 e. The molecule has 2 saturated heterocycles. The predicted octanol–water partition coefficient (Wildman–Crippen LogP) is 1.80. The van der Waals surface area contributed by atoms with Gasteiger partial charge >= 0.3 is 12.7 Å². The van der Waals surface area contributed by atoms with Gasteiger partial charge in [-0.3, -0.25) is 28.7 Å². The van der Waals surface area contributed by atoms with Crippen molar-refractivity contribution in [2.45, 2.75) is 76.4 Å². The summed E-state index contributed by atoms with van der Waals surface area (Å²) < 4.78 is 83.2. The van der Waals surface area contributed by atoms with Gasteiger partial charge in [-0.15, -0.1) is 26.3 Å². The molecule has 9 nitrogen and oxygen atoms in total. The third-order valence-corrected chi connectivity index (χ3v) is 6.74. The first-order valence-electron chi connectivity index (χ1n) is 11.5. The van der Waals surface area contributed by atoms with Crippen molar-refractivity contribution in [2.75, 3.05) is 19.7 Å². The summed E-state index contributed by atoms with van der Waals surface area (Å²) >= 11 is 0. The third kappa shape index (κ3) is 7.31. The van der Waals surface area contributed by atoms with Crippen LogP contribution >= 0.6 is 0 Å². The number of carbonyl (C=O) groups excluding carboxylic acids is 4. The molecule has 3 aliphatic rings. The van der Waals surface area contributed by atoms with Crippen LogP contribution in [0.2, 0.25) is 0 Å². The van der Waals surface area contributed by atoms with Crippen molar-refractivity contribution in [3.63, 3.8) is 0 Å². The van der Waals surface area contributed by atoms with Crippen molar-refractivity contribution in [1.29, 1.82) is 0 Å². The van der Waals surface area contributed by atoms with E-state index in [2.05, 4.69) is 20.1 Å². The monoisotopic (exact) mass is 531 g/mol. The molecule has 3 fully saturated rings. The molecule has 0 bridgehead atoms. The van der Waals surface area contributed by atoms with E-state index in [1.807, 2.05) is 0 Å². The second-order valence-corrected chi connectivity index (χ2v) is 9.42. The molecular formula is C21H27F6N3O6. The average Bonchev–Trinajstić information content (AvgIpc) is 3.23.